The van der Waals surface area contributed by atoms with Crippen molar-refractivity contribution in [3.63, 3.8) is 0 Å². The maximum atomic E-state index is 12.7. The third kappa shape index (κ3) is 9.06. The van der Waals surface area contributed by atoms with Crippen LogP contribution in [0.25, 0.3) is 0 Å². The number of aliphatic hydroxyl groups excluding tert-OH is 2. The number of aliphatic hydroxyl groups is 2. The van der Waals surface area contributed by atoms with Crippen LogP contribution in [0.1, 0.15) is 71.1 Å². The van der Waals surface area contributed by atoms with E-state index in [0.29, 0.717) is 31.1 Å². The minimum absolute atomic E-state index is 0.0714. The van der Waals surface area contributed by atoms with Gasteiger partial charge in [0.05, 0.1) is 24.4 Å². The van der Waals surface area contributed by atoms with Gasteiger partial charge in [-0.15, -0.1) is 0 Å². The summed E-state index contributed by atoms with van der Waals surface area (Å²) in [7, 11) is 0. The van der Waals surface area contributed by atoms with Gasteiger partial charge in [0.1, 0.15) is 18.3 Å². The molecule has 0 aromatic carbocycles. The molecule has 2 N–H and O–H groups in total. The van der Waals surface area contributed by atoms with E-state index in [1.807, 2.05) is 0 Å². The predicted molar refractivity (Wildman–Crippen MR) is 144 cm³/mol. The molecule has 0 amide bonds. The van der Waals surface area contributed by atoms with Gasteiger partial charge in [-0.05, 0) is 69.6 Å². The van der Waals surface area contributed by atoms with Crippen LogP contribution < -0.4 is 0 Å². The van der Waals surface area contributed by atoms with Crippen molar-refractivity contribution in [2.75, 3.05) is 0 Å². The summed E-state index contributed by atoms with van der Waals surface area (Å²) in [5.41, 5.74) is 1.00. The SMILES string of the molecule is C=C1C[C@H](C)C[C@@H]2CC=C[C@@H](CC=CC(=O)OC([C@@H](O)C=CC3CCC=CCC3)C[C@@H]3O[C@H]3[C@@H](O)C1)O2. The van der Waals surface area contributed by atoms with Gasteiger partial charge in [-0.2, -0.15) is 0 Å². The summed E-state index contributed by atoms with van der Waals surface area (Å²) in [5, 5.41) is 21.7. The molecule has 4 aliphatic rings. The summed E-state index contributed by atoms with van der Waals surface area (Å²) < 4.78 is 17.7. The zero-order valence-electron chi connectivity index (χ0n) is 22.1. The van der Waals surface area contributed by atoms with Crippen molar-refractivity contribution in [1.82, 2.24) is 0 Å². The summed E-state index contributed by atoms with van der Waals surface area (Å²) in [5.74, 6) is 0.299. The van der Waals surface area contributed by atoms with E-state index >= 15 is 0 Å². The fraction of sp³-hybridized carbons (Fsp3) is 0.645. The second kappa shape index (κ2) is 13.7. The Balaban J connectivity index is 1.44. The first-order valence-electron chi connectivity index (χ1n) is 14.1. The van der Waals surface area contributed by atoms with Gasteiger partial charge in [0.25, 0.3) is 0 Å². The summed E-state index contributed by atoms with van der Waals surface area (Å²) in [6.07, 6.45) is 21.0. The lowest BCUT2D eigenvalue weighted by Crippen LogP contribution is -2.32. The Morgan fingerprint density at radius 2 is 1.84 bits per heavy atom. The van der Waals surface area contributed by atoms with Gasteiger partial charge in [0, 0.05) is 12.5 Å². The van der Waals surface area contributed by atoms with Crippen molar-refractivity contribution < 1.29 is 29.2 Å². The largest absolute Gasteiger partial charge is 0.456 e. The lowest BCUT2D eigenvalue weighted by Gasteiger charge is -2.28. The molecule has 0 spiro atoms. The van der Waals surface area contributed by atoms with Crippen molar-refractivity contribution in [3.8, 4) is 0 Å². The number of hydrogen-bond acceptors (Lipinski definition) is 6. The highest BCUT2D eigenvalue weighted by atomic mass is 16.6. The average Bonchev–Trinajstić information content (AvgIpc) is 3.65. The highest BCUT2D eigenvalue weighted by molar-refractivity contribution is 5.82. The maximum absolute atomic E-state index is 12.7. The summed E-state index contributed by atoms with van der Waals surface area (Å²) in [6, 6.07) is 0. The number of epoxide rings is 1. The number of ether oxygens (including phenoxy) is 3. The van der Waals surface area contributed by atoms with Gasteiger partial charge in [-0.3, -0.25) is 0 Å². The summed E-state index contributed by atoms with van der Waals surface area (Å²) in [4.78, 5) is 12.7. The Morgan fingerprint density at radius 3 is 2.62 bits per heavy atom. The Kier molecular flexibility index (Phi) is 10.4. The number of allylic oxidation sites excluding steroid dienone is 3. The van der Waals surface area contributed by atoms with E-state index in [1.165, 1.54) is 6.08 Å². The van der Waals surface area contributed by atoms with E-state index in [4.69, 9.17) is 14.2 Å². The molecule has 2 bridgehead atoms. The third-order valence-electron chi connectivity index (χ3n) is 7.81. The van der Waals surface area contributed by atoms with Crippen LogP contribution in [0.5, 0.6) is 0 Å². The molecule has 204 valence electrons. The first-order chi connectivity index (χ1) is 17.9. The van der Waals surface area contributed by atoms with Crippen LogP contribution in [-0.4, -0.2) is 58.9 Å². The van der Waals surface area contributed by atoms with Gasteiger partial charge in [0.2, 0.25) is 0 Å². The van der Waals surface area contributed by atoms with Crippen LogP contribution in [-0.2, 0) is 19.0 Å². The Morgan fingerprint density at radius 1 is 1.05 bits per heavy atom. The molecule has 0 aromatic heterocycles. The maximum Gasteiger partial charge on any atom is 0.330 e. The van der Waals surface area contributed by atoms with Gasteiger partial charge < -0.3 is 24.4 Å². The van der Waals surface area contributed by atoms with Crippen molar-refractivity contribution in [1.29, 1.82) is 0 Å². The third-order valence-corrected chi connectivity index (χ3v) is 7.81. The second-order valence-electron chi connectivity index (χ2n) is 11.3. The van der Waals surface area contributed by atoms with E-state index in [1.54, 1.807) is 12.2 Å². The molecule has 4 rings (SSSR count). The normalized spacial score (nSPS) is 37.3. The van der Waals surface area contributed by atoms with E-state index < -0.39 is 24.3 Å². The van der Waals surface area contributed by atoms with E-state index in [9.17, 15) is 15.0 Å². The smallest absolute Gasteiger partial charge is 0.330 e. The van der Waals surface area contributed by atoms with Crippen molar-refractivity contribution >= 4 is 5.97 Å². The standard InChI is InChI=1S/C31H44O6/c1-21-17-22(2)19-27(33)31-29(37-31)20-28(26(32)16-15-23-9-5-3-4-6-10-23)36-30(34)14-8-12-24-11-7-13-25(18-21)35-24/h3-4,7-8,11,14-16,21,23-29,31-33H,2,5-6,9-10,12-13,17-20H2,1H3/t21-,24-,25-,26-,27-,28?,29-,31-/m0/s1. The molecule has 6 nitrogen and oxygen atoms in total. The topological polar surface area (TPSA) is 88.5 Å². The quantitative estimate of drug-likeness (QED) is 0.310. The summed E-state index contributed by atoms with van der Waals surface area (Å²) >= 11 is 0. The molecule has 1 aliphatic carbocycles. The molecule has 1 unspecified atom stereocenters. The molecule has 0 saturated carbocycles. The molecule has 1 saturated heterocycles. The van der Waals surface area contributed by atoms with Crippen LogP contribution in [0.2, 0.25) is 0 Å². The van der Waals surface area contributed by atoms with Crippen molar-refractivity contribution in [2.45, 2.75) is 114 Å². The fourth-order valence-electron chi connectivity index (χ4n) is 5.78. The predicted octanol–water partition coefficient (Wildman–Crippen LogP) is 5.12. The monoisotopic (exact) mass is 512 g/mol. The van der Waals surface area contributed by atoms with Gasteiger partial charge in [-0.25, -0.2) is 4.79 Å². The first-order valence-corrected chi connectivity index (χ1v) is 14.1. The molecular weight excluding hydrogens is 468 g/mol. The van der Waals surface area contributed by atoms with E-state index in [2.05, 4.69) is 43.9 Å². The first kappa shape index (κ1) is 28.0. The Bertz CT molecular complexity index is 878. The molecule has 0 radical (unpaired) electrons. The molecule has 3 aliphatic heterocycles. The molecule has 6 heteroatoms. The van der Waals surface area contributed by atoms with Crippen LogP contribution in [0.4, 0.5) is 0 Å². The van der Waals surface area contributed by atoms with Crippen molar-refractivity contribution in [3.05, 3.63) is 60.8 Å². The molecule has 37 heavy (non-hydrogen) atoms. The number of cyclic esters (lactones) is 1. The number of esters is 1. The average molecular weight is 513 g/mol. The molecular formula is C31H44O6. The minimum atomic E-state index is -0.942. The van der Waals surface area contributed by atoms with Gasteiger partial charge in [0.15, 0.2) is 0 Å². The van der Waals surface area contributed by atoms with E-state index in [-0.39, 0.29) is 24.4 Å². The number of hydrogen-bond donors (Lipinski definition) is 2. The minimum Gasteiger partial charge on any atom is -0.456 e. The van der Waals surface area contributed by atoms with Crippen LogP contribution in [0.3, 0.4) is 0 Å². The number of fused-ring (bicyclic) bond motifs is 3. The van der Waals surface area contributed by atoms with Crippen LogP contribution in [0.15, 0.2) is 60.8 Å². The van der Waals surface area contributed by atoms with Crippen molar-refractivity contribution in [2.24, 2.45) is 11.8 Å². The zero-order chi connectivity index (χ0) is 26.2. The highest BCUT2D eigenvalue weighted by Crippen LogP contribution is 2.35. The lowest BCUT2D eigenvalue weighted by atomic mass is 9.91. The second-order valence-corrected chi connectivity index (χ2v) is 11.3. The molecule has 1 fully saturated rings. The Hall–Kier alpha value is -1.99. The van der Waals surface area contributed by atoms with Crippen LogP contribution in [0, 0.1) is 11.8 Å². The zero-order valence-corrected chi connectivity index (χ0v) is 22.1. The molecule has 8 atom stereocenters. The number of carbonyl (C=O) groups excluding carboxylic acids is 1. The fourth-order valence-corrected chi connectivity index (χ4v) is 5.78. The van der Waals surface area contributed by atoms with E-state index in [0.717, 1.165) is 50.5 Å². The Labute approximate surface area is 221 Å². The number of carbonyl (C=O) groups is 1. The lowest BCUT2D eigenvalue weighted by molar-refractivity contribution is -0.148. The molecule has 0 aromatic rings. The number of rotatable bonds is 3. The summed E-state index contributed by atoms with van der Waals surface area (Å²) in [6.45, 7) is 6.40. The molecule has 3 heterocycles. The van der Waals surface area contributed by atoms with Gasteiger partial charge in [-0.1, -0.05) is 61.6 Å². The van der Waals surface area contributed by atoms with Crippen LogP contribution >= 0.6 is 0 Å². The highest BCUT2D eigenvalue weighted by Gasteiger charge is 2.46. The van der Waals surface area contributed by atoms with Gasteiger partial charge >= 0.3 is 5.97 Å².